The lowest BCUT2D eigenvalue weighted by Crippen LogP contribution is -2.44. The number of carbonyl (C=O) groups excluding carboxylic acids is 1. The third kappa shape index (κ3) is 4.21. The van der Waals surface area contributed by atoms with Gasteiger partial charge in [0.15, 0.2) is 0 Å². The molecule has 0 radical (unpaired) electrons. The van der Waals surface area contributed by atoms with Crippen molar-refractivity contribution in [2.45, 2.75) is 38.6 Å². The number of amides is 1. The van der Waals surface area contributed by atoms with Gasteiger partial charge in [0.05, 0.1) is 13.0 Å². The molecule has 0 aliphatic heterocycles. The number of carbonyl (C=O) groups is 1. The number of para-hydroxylation sites is 1. The third-order valence-corrected chi connectivity index (χ3v) is 4.31. The van der Waals surface area contributed by atoms with E-state index < -0.39 is 0 Å². The number of nitrogens with two attached hydrogens (primary N) is 1. The predicted octanol–water partition coefficient (Wildman–Crippen LogP) is 2.43. The number of hydrogen-bond donors (Lipinski definition) is 1. The number of hydrogen-bond acceptors (Lipinski definition) is 3. The fourth-order valence-corrected chi connectivity index (χ4v) is 3.21. The van der Waals surface area contributed by atoms with Crippen LogP contribution < -0.4 is 10.5 Å². The van der Waals surface area contributed by atoms with Crippen LogP contribution in [0.1, 0.15) is 32.6 Å². The van der Waals surface area contributed by atoms with Gasteiger partial charge in [-0.2, -0.15) is 0 Å². The van der Waals surface area contributed by atoms with E-state index >= 15 is 0 Å². The molecule has 4 heteroatoms. The molecular weight excluding hydrogens is 264 g/mol. The highest BCUT2D eigenvalue weighted by molar-refractivity contribution is 5.76. The van der Waals surface area contributed by atoms with Gasteiger partial charge in [-0.1, -0.05) is 24.6 Å². The van der Waals surface area contributed by atoms with Crippen molar-refractivity contribution in [3.8, 4) is 5.75 Å². The van der Waals surface area contributed by atoms with Crippen LogP contribution in [0.5, 0.6) is 5.75 Å². The van der Waals surface area contributed by atoms with Gasteiger partial charge in [-0.05, 0) is 44.4 Å². The highest BCUT2D eigenvalue weighted by Crippen LogP contribution is 2.29. The molecule has 1 amide bonds. The molecule has 2 atom stereocenters. The highest BCUT2D eigenvalue weighted by Gasteiger charge is 2.32. The Bertz CT molecular complexity index is 436. The molecule has 0 aromatic heterocycles. The van der Waals surface area contributed by atoms with Crippen molar-refractivity contribution in [3.05, 3.63) is 30.3 Å². The van der Waals surface area contributed by atoms with Crippen molar-refractivity contribution in [2.75, 3.05) is 19.7 Å². The largest absolute Gasteiger partial charge is 0.493 e. The Hall–Kier alpha value is -1.55. The zero-order valence-corrected chi connectivity index (χ0v) is 12.8. The SMILES string of the molecule is CCN(C(=O)CCOc1ccccc1)C1CCCC1CN. The van der Waals surface area contributed by atoms with Crippen molar-refractivity contribution in [1.82, 2.24) is 4.90 Å². The molecule has 21 heavy (non-hydrogen) atoms. The van der Waals surface area contributed by atoms with E-state index in [4.69, 9.17) is 10.5 Å². The normalized spacial score (nSPS) is 21.2. The van der Waals surface area contributed by atoms with Gasteiger partial charge in [-0.25, -0.2) is 0 Å². The number of rotatable bonds is 7. The summed E-state index contributed by atoms with van der Waals surface area (Å²) >= 11 is 0. The summed E-state index contributed by atoms with van der Waals surface area (Å²) in [4.78, 5) is 14.4. The van der Waals surface area contributed by atoms with Crippen LogP contribution in [-0.4, -0.2) is 36.5 Å². The minimum atomic E-state index is 0.179. The predicted molar refractivity (Wildman–Crippen MR) is 84.1 cm³/mol. The molecule has 116 valence electrons. The summed E-state index contributed by atoms with van der Waals surface area (Å²) in [5, 5.41) is 0. The molecule has 0 heterocycles. The van der Waals surface area contributed by atoms with Crippen LogP contribution in [0.15, 0.2) is 30.3 Å². The van der Waals surface area contributed by atoms with Gasteiger partial charge in [0.2, 0.25) is 5.91 Å². The summed E-state index contributed by atoms with van der Waals surface area (Å²) in [7, 11) is 0. The third-order valence-electron chi connectivity index (χ3n) is 4.31. The van der Waals surface area contributed by atoms with Crippen LogP contribution in [0, 0.1) is 5.92 Å². The van der Waals surface area contributed by atoms with E-state index in [0.29, 0.717) is 31.5 Å². The maximum atomic E-state index is 12.4. The second kappa shape index (κ2) is 8.03. The molecule has 2 rings (SSSR count). The van der Waals surface area contributed by atoms with E-state index in [1.807, 2.05) is 42.2 Å². The zero-order chi connectivity index (χ0) is 15.1. The number of ether oxygens (including phenoxy) is 1. The van der Waals surface area contributed by atoms with Crippen LogP contribution in [-0.2, 0) is 4.79 Å². The molecule has 1 saturated carbocycles. The Balaban J connectivity index is 1.83. The quantitative estimate of drug-likeness (QED) is 0.839. The van der Waals surface area contributed by atoms with Gasteiger partial charge in [-0.15, -0.1) is 0 Å². The second-order valence-corrected chi connectivity index (χ2v) is 5.59. The Morgan fingerprint density at radius 2 is 2.10 bits per heavy atom. The Morgan fingerprint density at radius 1 is 1.33 bits per heavy atom. The molecule has 0 saturated heterocycles. The zero-order valence-electron chi connectivity index (χ0n) is 12.8. The minimum absolute atomic E-state index is 0.179. The maximum absolute atomic E-state index is 12.4. The minimum Gasteiger partial charge on any atom is -0.493 e. The molecule has 2 unspecified atom stereocenters. The Kier molecular flexibility index (Phi) is 6.05. The van der Waals surface area contributed by atoms with E-state index in [1.54, 1.807) is 0 Å². The van der Waals surface area contributed by atoms with E-state index in [-0.39, 0.29) is 5.91 Å². The van der Waals surface area contributed by atoms with Gasteiger partial charge in [0, 0.05) is 12.6 Å². The summed E-state index contributed by atoms with van der Waals surface area (Å²) in [6.45, 7) is 3.90. The Labute approximate surface area is 127 Å². The summed E-state index contributed by atoms with van der Waals surface area (Å²) in [6.07, 6.45) is 3.83. The first-order valence-corrected chi connectivity index (χ1v) is 7.93. The molecule has 0 bridgehead atoms. The molecule has 0 spiro atoms. The van der Waals surface area contributed by atoms with Gasteiger partial charge in [0.25, 0.3) is 0 Å². The number of nitrogens with zero attached hydrogens (tertiary/aromatic N) is 1. The molecule has 1 aliphatic rings. The summed E-state index contributed by atoms with van der Waals surface area (Å²) in [6, 6.07) is 9.94. The van der Waals surface area contributed by atoms with Gasteiger partial charge in [-0.3, -0.25) is 4.79 Å². The topological polar surface area (TPSA) is 55.6 Å². The first-order chi connectivity index (χ1) is 10.3. The molecule has 1 fully saturated rings. The number of benzene rings is 1. The van der Waals surface area contributed by atoms with Gasteiger partial charge in [0.1, 0.15) is 5.75 Å². The van der Waals surface area contributed by atoms with Crippen LogP contribution in [0.2, 0.25) is 0 Å². The molecule has 1 aliphatic carbocycles. The van der Waals surface area contributed by atoms with Crippen molar-refractivity contribution in [3.63, 3.8) is 0 Å². The van der Waals surface area contributed by atoms with Crippen LogP contribution in [0.3, 0.4) is 0 Å². The fourth-order valence-electron chi connectivity index (χ4n) is 3.21. The lowest BCUT2D eigenvalue weighted by Gasteiger charge is -2.32. The van der Waals surface area contributed by atoms with Gasteiger partial charge >= 0.3 is 0 Å². The van der Waals surface area contributed by atoms with E-state index in [2.05, 4.69) is 0 Å². The molecule has 1 aromatic rings. The first-order valence-electron chi connectivity index (χ1n) is 7.93. The van der Waals surface area contributed by atoms with Crippen LogP contribution in [0.4, 0.5) is 0 Å². The summed E-state index contributed by atoms with van der Waals surface area (Å²) < 4.78 is 5.61. The molecule has 2 N–H and O–H groups in total. The average molecular weight is 290 g/mol. The molecule has 4 nitrogen and oxygen atoms in total. The van der Waals surface area contributed by atoms with E-state index in [0.717, 1.165) is 25.1 Å². The monoisotopic (exact) mass is 290 g/mol. The van der Waals surface area contributed by atoms with Crippen LogP contribution in [0.25, 0.3) is 0 Å². The summed E-state index contributed by atoms with van der Waals surface area (Å²) in [5.74, 6) is 1.46. The van der Waals surface area contributed by atoms with Crippen LogP contribution >= 0.6 is 0 Å². The first kappa shape index (κ1) is 15.8. The Morgan fingerprint density at radius 3 is 2.76 bits per heavy atom. The van der Waals surface area contributed by atoms with Crippen molar-refractivity contribution in [2.24, 2.45) is 11.7 Å². The standard InChI is InChI=1S/C17H26N2O2/c1-2-19(16-10-6-7-14(16)13-18)17(20)11-12-21-15-8-4-3-5-9-15/h3-5,8-9,14,16H,2,6-7,10-13,18H2,1H3. The van der Waals surface area contributed by atoms with E-state index in [1.165, 1.54) is 6.42 Å². The molecular formula is C17H26N2O2. The van der Waals surface area contributed by atoms with Crippen molar-refractivity contribution < 1.29 is 9.53 Å². The van der Waals surface area contributed by atoms with Crippen molar-refractivity contribution in [1.29, 1.82) is 0 Å². The fraction of sp³-hybridized carbons (Fsp3) is 0.588. The summed E-state index contributed by atoms with van der Waals surface area (Å²) in [5.41, 5.74) is 5.83. The lowest BCUT2D eigenvalue weighted by molar-refractivity contribution is -0.134. The van der Waals surface area contributed by atoms with Gasteiger partial charge < -0.3 is 15.4 Å². The van der Waals surface area contributed by atoms with E-state index in [9.17, 15) is 4.79 Å². The highest BCUT2D eigenvalue weighted by atomic mass is 16.5. The average Bonchev–Trinajstić information content (AvgIpc) is 2.97. The van der Waals surface area contributed by atoms with Crippen molar-refractivity contribution >= 4 is 5.91 Å². The maximum Gasteiger partial charge on any atom is 0.226 e. The second-order valence-electron chi connectivity index (χ2n) is 5.59. The lowest BCUT2D eigenvalue weighted by atomic mass is 10.0. The smallest absolute Gasteiger partial charge is 0.226 e. The molecule has 1 aromatic carbocycles.